The van der Waals surface area contributed by atoms with E-state index in [0.29, 0.717) is 0 Å². The predicted molar refractivity (Wildman–Crippen MR) is 82.8 cm³/mol. The van der Waals surface area contributed by atoms with E-state index in [1.165, 1.54) is 42.7 Å². The van der Waals surface area contributed by atoms with Gasteiger partial charge in [-0.05, 0) is 57.7 Å². The van der Waals surface area contributed by atoms with E-state index in [4.69, 9.17) is 0 Å². The minimum absolute atomic E-state index is 0.769. The molecule has 0 aliphatic carbocycles. The third kappa shape index (κ3) is 2.74. The highest BCUT2D eigenvalue weighted by Gasteiger charge is 2.40. The lowest BCUT2D eigenvalue weighted by Gasteiger charge is -2.39. The Labute approximate surface area is 121 Å². The molecule has 0 aromatic carbocycles. The van der Waals surface area contributed by atoms with Crippen molar-refractivity contribution in [1.29, 1.82) is 0 Å². The lowest BCUT2D eigenvalue weighted by molar-refractivity contribution is 0.111. The highest BCUT2D eigenvalue weighted by Crippen LogP contribution is 2.37. The van der Waals surface area contributed by atoms with E-state index in [9.17, 15) is 0 Å². The minimum Gasteiger partial charge on any atom is -0.314 e. The van der Waals surface area contributed by atoms with Gasteiger partial charge in [0.15, 0.2) is 0 Å². The van der Waals surface area contributed by atoms with Crippen LogP contribution < -0.4 is 5.32 Å². The molecule has 0 amide bonds. The summed E-state index contributed by atoms with van der Waals surface area (Å²) in [6.07, 6.45) is 5.53. The van der Waals surface area contributed by atoms with E-state index in [1.54, 1.807) is 4.88 Å². The second-order valence-electron chi connectivity index (χ2n) is 6.24. The summed E-state index contributed by atoms with van der Waals surface area (Å²) < 4.78 is 0. The van der Waals surface area contributed by atoms with E-state index < -0.39 is 0 Å². The van der Waals surface area contributed by atoms with Crippen molar-refractivity contribution in [3.8, 4) is 0 Å². The third-order valence-corrected chi connectivity index (χ3v) is 6.07. The zero-order valence-electron chi connectivity index (χ0n) is 12.4. The molecule has 2 aliphatic rings. The van der Waals surface area contributed by atoms with Crippen LogP contribution >= 0.6 is 11.3 Å². The monoisotopic (exact) mass is 278 g/mol. The molecule has 19 heavy (non-hydrogen) atoms. The van der Waals surface area contributed by atoms with Gasteiger partial charge in [0.05, 0.1) is 0 Å². The van der Waals surface area contributed by atoms with E-state index in [0.717, 1.165) is 24.7 Å². The Hall–Kier alpha value is -0.380. The Kier molecular flexibility index (Phi) is 3.97. The van der Waals surface area contributed by atoms with Gasteiger partial charge in [0.1, 0.15) is 0 Å². The number of fused-ring (bicyclic) bond motifs is 2. The van der Waals surface area contributed by atoms with Crippen LogP contribution in [0.4, 0.5) is 0 Å². The van der Waals surface area contributed by atoms with Gasteiger partial charge in [-0.2, -0.15) is 0 Å². The molecule has 1 aromatic heterocycles. The summed E-state index contributed by atoms with van der Waals surface area (Å²) in [5, 5.41) is 3.66. The predicted octanol–water partition coefficient (Wildman–Crippen LogP) is 3.47. The molecule has 0 saturated carbocycles. The number of hydrogen-bond acceptors (Lipinski definition) is 3. The number of hydrogen-bond donors (Lipinski definition) is 1. The molecule has 2 saturated heterocycles. The van der Waals surface area contributed by atoms with Gasteiger partial charge in [0.25, 0.3) is 0 Å². The molecule has 3 heterocycles. The van der Waals surface area contributed by atoms with Gasteiger partial charge in [-0.1, -0.05) is 6.92 Å². The average Bonchev–Trinajstić information content (AvgIpc) is 2.80. The van der Waals surface area contributed by atoms with Crippen molar-refractivity contribution >= 4 is 11.3 Å². The molecule has 3 rings (SSSR count). The quantitative estimate of drug-likeness (QED) is 0.907. The van der Waals surface area contributed by atoms with Gasteiger partial charge in [0, 0.05) is 34.4 Å². The molecule has 2 atom stereocenters. The van der Waals surface area contributed by atoms with Gasteiger partial charge < -0.3 is 5.32 Å². The van der Waals surface area contributed by atoms with Gasteiger partial charge in [-0.3, -0.25) is 4.90 Å². The second-order valence-corrected chi connectivity index (χ2v) is 7.58. The van der Waals surface area contributed by atoms with Crippen LogP contribution in [0.2, 0.25) is 0 Å². The first-order valence-corrected chi connectivity index (χ1v) is 8.54. The van der Waals surface area contributed by atoms with E-state index >= 15 is 0 Å². The maximum Gasteiger partial charge on any atom is 0.0334 e. The molecule has 3 heteroatoms. The van der Waals surface area contributed by atoms with E-state index in [2.05, 4.69) is 37.1 Å². The van der Waals surface area contributed by atoms with Gasteiger partial charge in [-0.25, -0.2) is 0 Å². The van der Waals surface area contributed by atoms with Crippen molar-refractivity contribution in [2.45, 2.75) is 71.1 Å². The van der Waals surface area contributed by atoms with Crippen LogP contribution in [0.5, 0.6) is 0 Å². The lowest BCUT2D eigenvalue weighted by atomic mass is 9.97. The Bertz CT molecular complexity index is 406. The van der Waals surface area contributed by atoms with Crippen molar-refractivity contribution in [3.05, 3.63) is 21.4 Å². The maximum atomic E-state index is 3.66. The lowest BCUT2D eigenvalue weighted by Crippen LogP contribution is -2.48. The average molecular weight is 278 g/mol. The third-order valence-electron chi connectivity index (χ3n) is 4.93. The fourth-order valence-electron chi connectivity index (χ4n) is 3.90. The molecule has 0 radical (unpaired) electrons. The fourth-order valence-corrected chi connectivity index (χ4v) is 4.96. The highest BCUT2D eigenvalue weighted by atomic mass is 32.1. The first-order valence-electron chi connectivity index (χ1n) is 7.72. The molecule has 2 aliphatic heterocycles. The molecule has 0 spiro atoms. The summed E-state index contributed by atoms with van der Waals surface area (Å²) in [7, 11) is 0. The van der Waals surface area contributed by atoms with Crippen LogP contribution in [0, 0.1) is 13.8 Å². The molecule has 106 valence electrons. The number of aryl methyl sites for hydroxylation is 2. The largest absolute Gasteiger partial charge is 0.314 e. The summed E-state index contributed by atoms with van der Waals surface area (Å²) in [5.41, 5.74) is 1.47. The summed E-state index contributed by atoms with van der Waals surface area (Å²) in [4.78, 5) is 5.84. The van der Waals surface area contributed by atoms with Gasteiger partial charge >= 0.3 is 0 Å². The van der Waals surface area contributed by atoms with Crippen molar-refractivity contribution in [1.82, 2.24) is 10.2 Å². The number of piperidine rings is 1. The maximum absolute atomic E-state index is 3.66. The number of thiophene rings is 1. The number of rotatable bonds is 4. The SMILES string of the molecule is CCNC1CC2CCC(C1)N2Cc1cc(C)c(C)s1. The molecule has 1 aromatic rings. The van der Waals surface area contributed by atoms with Crippen molar-refractivity contribution in [2.75, 3.05) is 6.54 Å². The Morgan fingerprint density at radius 3 is 2.47 bits per heavy atom. The van der Waals surface area contributed by atoms with Crippen LogP contribution in [0.15, 0.2) is 6.07 Å². The van der Waals surface area contributed by atoms with Crippen molar-refractivity contribution in [2.24, 2.45) is 0 Å². The normalized spacial score (nSPS) is 31.0. The van der Waals surface area contributed by atoms with E-state index in [-0.39, 0.29) is 0 Å². The summed E-state index contributed by atoms with van der Waals surface area (Å²) in [5.74, 6) is 0. The fraction of sp³-hybridized carbons (Fsp3) is 0.750. The van der Waals surface area contributed by atoms with Crippen LogP contribution in [0.25, 0.3) is 0 Å². The summed E-state index contributed by atoms with van der Waals surface area (Å²) >= 11 is 1.99. The van der Waals surface area contributed by atoms with Crippen LogP contribution in [-0.2, 0) is 6.54 Å². The van der Waals surface area contributed by atoms with Crippen LogP contribution in [-0.4, -0.2) is 29.6 Å². The number of nitrogens with one attached hydrogen (secondary N) is 1. The zero-order chi connectivity index (χ0) is 13.4. The molecule has 1 N–H and O–H groups in total. The second kappa shape index (κ2) is 5.55. The summed E-state index contributed by atoms with van der Waals surface area (Å²) in [6, 6.07) is 4.82. The smallest absolute Gasteiger partial charge is 0.0334 e. The Balaban J connectivity index is 1.67. The van der Waals surface area contributed by atoms with Crippen LogP contribution in [0.1, 0.15) is 47.9 Å². The molecule has 2 unspecified atom stereocenters. The molecule has 2 bridgehead atoms. The van der Waals surface area contributed by atoms with Gasteiger partial charge in [0.2, 0.25) is 0 Å². The first-order chi connectivity index (χ1) is 9.17. The molecule has 2 fully saturated rings. The molecule has 2 nitrogen and oxygen atoms in total. The van der Waals surface area contributed by atoms with Gasteiger partial charge in [-0.15, -0.1) is 11.3 Å². The topological polar surface area (TPSA) is 15.3 Å². The minimum atomic E-state index is 0.769. The standard InChI is InChI=1S/C16H26N2S/c1-4-17-13-8-14-5-6-15(9-13)18(14)10-16-7-11(2)12(3)19-16/h7,13-15,17H,4-6,8-10H2,1-3H3. The van der Waals surface area contributed by atoms with E-state index in [1.807, 2.05) is 11.3 Å². The van der Waals surface area contributed by atoms with Crippen molar-refractivity contribution in [3.63, 3.8) is 0 Å². The highest BCUT2D eigenvalue weighted by molar-refractivity contribution is 7.12. The first kappa shape index (κ1) is 13.6. The zero-order valence-corrected chi connectivity index (χ0v) is 13.2. The Morgan fingerprint density at radius 1 is 1.26 bits per heavy atom. The van der Waals surface area contributed by atoms with Crippen LogP contribution in [0.3, 0.4) is 0 Å². The molecular weight excluding hydrogens is 252 g/mol. The number of nitrogens with zero attached hydrogens (tertiary/aromatic N) is 1. The molecular formula is C16H26N2S. The van der Waals surface area contributed by atoms with Crippen molar-refractivity contribution < 1.29 is 0 Å². The summed E-state index contributed by atoms with van der Waals surface area (Å²) in [6.45, 7) is 9.02. The Morgan fingerprint density at radius 2 is 1.95 bits per heavy atom.